The lowest BCUT2D eigenvalue weighted by molar-refractivity contribution is 0.0442. The third-order valence-electron chi connectivity index (χ3n) is 3.73. The maximum atomic E-state index is 12.3. The Morgan fingerprint density at radius 3 is 2.45 bits per heavy atom. The van der Waals surface area contributed by atoms with Crippen LogP contribution in [0.2, 0.25) is 0 Å². The fourth-order valence-corrected chi connectivity index (χ4v) is 2.46. The van der Waals surface area contributed by atoms with Crippen molar-refractivity contribution in [3.05, 3.63) is 11.6 Å². The first-order valence-electron chi connectivity index (χ1n) is 7.37. The number of nitrogens with one attached hydrogen (secondary N) is 1. The molecule has 0 atom stereocenters. The molecular formula is C14H25N5O. The van der Waals surface area contributed by atoms with E-state index in [9.17, 15) is 4.79 Å². The Morgan fingerprint density at radius 2 is 1.90 bits per heavy atom. The predicted octanol–water partition coefficient (Wildman–Crippen LogP) is 1.31. The molecule has 1 aromatic rings. The lowest BCUT2D eigenvalue weighted by atomic mass is 10.0. The van der Waals surface area contributed by atoms with Gasteiger partial charge in [-0.1, -0.05) is 6.92 Å². The molecule has 1 saturated heterocycles. The number of aromatic nitrogens is 3. The van der Waals surface area contributed by atoms with Gasteiger partial charge in [0.25, 0.3) is 5.91 Å². The monoisotopic (exact) mass is 279 g/mol. The van der Waals surface area contributed by atoms with Gasteiger partial charge in [-0.2, -0.15) is 0 Å². The minimum absolute atomic E-state index is 0.0582. The van der Waals surface area contributed by atoms with Crippen LogP contribution in [-0.4, -0.2) is 62.6 Å². The number of carbonyl (C=O) groups is 1. The molecule has 1 fully saturated rings. The van der Waals surface area contributed by atoms with Crippen molar-refractivity contribution in [2.45, 2.75) is 46.1 Å². The minimum Gasteiger partial charge on any atom is -0.333 e. The van der Waals surface area contributed by atoms with Gasteiger partial charge in [0.15, 0.2) is 0 Å². The second kappa shape index (κ2) is 5.91. The summed E-state index contributed by atoms with van der Waals surface area (Å²) in [6.45, 7) is 12.0. The molecular weight excluding hydrogens is 254 g/mol. The zero-order valence-corrected chi connectivity index (χ0v) is 12.9. The van der Waals surface area contributed by atoms with E-state index in [0.29, 0.717) is 5.82 Å². The van der Waals surface area contributed by atoms with E-state index in [4.69, 9.17) is 0 Å². The van der Waals surface area contributed by atoms with Gasteiger partial charge in [-0.05, 0) is 27.2 Å². The number of H-pyrrole nitrogens is 1. The molecule has 1 amide bonds. The normalized spacial score (nSPS) is 17.5. The molecule has 1 aromatic heterocycles. The maximum Gasteiger partial charge on any atom is 0.293 e. The molecule has 0 unspecified atom stereocenters. The molecule has 1 N–H and O–H groups in total. The van der Waals surface area contributed by atoms with E-state index in [-0.39, 0.29) is 11.4 Å². The highest BCUT2D eigenvalue weighted by molar-refractivity contribution is 5.90. The largest absolute Gasteiger partial charge is 0.333 e. The van der Waals surface area contributed by atoms with Crippen molar-refractivity contribution in [3.63, 3.8) is 0 Å². The molecule has 112 valence electrons. The maximum absolute atomic E-state index is 12.3. The third kappa shape index (κ3) is 3.36. The Bertz CT molecular complexity index is 454. The number of rotatable bonds is 3. The highest BCUT2D eigenvalue weighted by Crippen LogP contribution is 2.16. The lowest BCUT2D eigenvalue weighted by Gasteiger charge is -2.41. The second-order valence-corrected chi connectivity index (χ2v) is 6.31. The summed E-state index contributed by atoms with van der Waals surface area (Å²) < 4.78 is 0. The molecule has 0 saturated carbocycles. The predicted molar refractivity (Wildman–Crippen MR) is 77.6 cm³/mol. The van der Waals surface area contributed by atoms with Crippen LogP contribution in [0.3, 0.4) is 0 Å². The molecule has 6 heteroatoms. The summed E-state index contributed by atoms with van der Waals surface area (Å²) in [5.74, 6) is 1.04. The number of carbonyl (C=O) groups excluding carboxylic acids is 1. The number of aromatic amines is 1. The van der Waals surface area contributed by atoms with Gasteiger partial charge in [0.05, 0.1) is 0 Å². The van der Waals surface area contributed by atoms with Gasteiger partial charge in [-0.25, -0.2) is 4.98 Å². The van der Waals surface area contributed by atoms with Gasteiger partial charge in [-0.15, -0.1) is 5.10 Å². The van der Waals surface area contributed by atoms with Gasteiger partial charge in [0, 0.05) is 38.1 Å². The molecule has 2 rings (SSSR count). The standard InChI is InChI=1S/C14H25N5O/c1-5-6-11-15-12(17-16-11)13(20)18-7-9-19(10-8-18)14(2,3)4/h5-10H2,1-4H3,(H,15,16,17). The van der Waals surface area contributed by atoms with Gasteiger partial charge >= 0.3 is 0 Å². The Kier molecular flexibility index (Phi) is 4.42. The lowest BCUT2D eigenvalue weighted by Crippen LogP contribution is -2.54. The van der Waals surface area contributed by atoms with Crippen LogP contribution in [0.4, 0.5) is 0 Å². The summed E-state index contributed by atoms with van der Waals surface area (Å²) in [5, 5.41) is 6.88. The highest BCUT2D eigenvalue weighted by atomic mass is 16.2. The van der Waals surface area contributed by atoms with Crippen molar-refractivity contribution >= 4 is 5.91 Å². The number of nitrogens with zero attached hydrogens (tertiary/aromatic N) is 4. The van der Waals surface area contributed by atoms with Crippen molar-refractivity contribution in [1.82, 2.24) is 25.0 Å². The number of piperazine rings is 1. The van der Waals surface area contributed by atoms with Crippen LogP contribution in [0.1, 0.15) is 50.6 Å². The molecule has 0 spiro atoms. The molecule has 0 aromatic carbocycles. The number of amides is 1. The van der Waals surface area contributed by atoms with Gasteiger partial charge < -0.3 is 4.90 Å². The average molecular weight is 279 g/mol. The van der Waals surface area contributed by atoms with Crippen LogP contribution in [0.5, 0.6) is 0 Å². The van der Waals surface area contributed by atoms with Gasteiger partial charge in [0.1, 0.15) is 5.82 Å². The first-order chi connectivity index (χ1) is 9.41. The molecule has 1 aliphatic rings. The first kappa shape index (κ1) is 15.0. The zero-order valence-electron chi connectivity index (χ0n) is 12.9. The summed E-state index contributed by atoms with van der Waals surface area (Å²) in [7, 11) is 0. The second-order valence-electron chi connectivity index (χ2n) is 6.31. The molecule has 1 aliphatic heterocycles. The number of hydrogen-bond donors (Lipinski definition) is 1. The summed E-state index contributed by atoms with van der Waals surface area (Å²) >= 11 is 0. The van der Waals surface area contributed by atoms with Crippen molar-refractivity contribution in [2.24, 2.45) is 0 Å². The Labute approximate surface area is 120 Å². The summed E-state index contributed by atoms with van der Waals surface area (Å²) in [4.78, 5) is 20.9. The Hall–Kier alpha value is -1.43. The molecule has 0 aliphatic carbocycles. The Morgan fingerprint density at radius 1 is 1.25 bits per heavy atom. The Balaban J connectivity index is 1.94. The fourth-order valence-electron chi connectivity index (χ4n) is 2.46. The SMILES string of the molecule is CCCc1nc(C(=O)N2CCN(C(C)(C)C)CC2)n[nH]1. The van der Waals surface area contributed by atoms with Crippen LogP contribution in [0.25, 0.3) is 0 Å². The van der Waals surface area contributed by atoms with E-state index in [1.807, 2.05) is 4.90 Å². The summed E-state index contributed by atoms with van der Waals surface area (Å²) in [5.41, 5.74) is 0.161. The average Bonchev–Trinajstić information content (AvgIpc) is 2.86. The van der Waals surface area contributed by atoms with Crippen LogP contribution in [-0.2, 0) is 6.42 Å². The molecule has 20 heavy (non-hydrogen) atoms. The number of aryl methyl sites for hydroxylation is 1. The molecule has 0 bridgehead atoms. The quantitative estimate of drug-likeness (QED) is 0.906. The van der Waals surface area contributed by atoms with E-state index < -0.39 is 0 Å². The third-order valence-corrected chi connectivity index (χ3v) is 3.73. The van der Waals surface area contributed by atoms with E-state index in [2.05, 4.69) is 47.8 Å². The van der Waals surface area contributed by atoms with Crippen molar-refractivity contribution in [3.8, 4) is 0 Å². The topological polar surface area (TPSA) is 65.1 Å². The summed E-state index contributed by atoms with van der Waals surface area (Å²) in [6, 6.07) is 0. The highest BCUT2D eigenvalue weighted by Gasteiger charge is 2.29. The molecule has 0 radical (unpaired) electrons. The van der Waals surface area contributed by atoms with E-state index in [1.165, 1.54) is 0 Å². The van der Waals surface area contributed by atoms with Crippen LogP contribution >= 0.6 is 0 Å². The smallest absolute Gasteiger partial charge is 0.293 e. The summed E-state index contributed by atoms with van der Waals surface area (Å²) in [6.07, 6.45) is 1.82. The van der Waals surface area contributed by atoms with Crippen molar-refractivity contribution in [1.29, 1.82) is 0 Å². The fraction of sp³-hybridized carbons (Fsp3) is 0.786. The molecule has 6 nitrogen and oxygen atoms in total. The minimum atomic E-state index is -0.0582. The molecule has 2 heterocycles. The van der Waals surface area contributed by atoms with Crippen LogP contribution in [0, 0.1) is 0 Å². The van der Waals surface area contributed by atoms with Gasteiger partial charge in [-0.3, -0.25) is 14.8 Å². The van der Waals surface area contributed by atoms with Crippen molar-refractivity contribution in [2.75, 3.05) is 26.2 Å². The zero-order chi connectivity index (χ0) is 14.8. The van der Waals surface area contributed by atoms with E-state index in [1.54, 1.807) is 0 Å². The number of hydrogen-bond acceptors (Lipinski definition) is 4. The van der Waals surface area contributed by atoms with E-state index >= 15 is 0 Å². The van der Waals surface area contributed by atoms with Crippen LogP contribution < -0.4 is 0 Å². The van der Waals surface area contributed by atoms with Gasteiger partial charge in [0.2, 0.25) is 5.82 Å². The van der Waals surface area contributed by atoms with E-state index in [0.717, 1.165) is 44.8 Å². The first-order valence-corrected chi connectivity index (χ1v) is 7.37. The van der Waals surface area contributed by atoms with Crippen LogP contribution in [0.15, 0.2) is 0 Å². The van der Waals surface area contributed by atoms with Crippen molar-refractivity contribution < 1.29 is 4.79 Å².